The van der Waals surface area contributed by atoms with Crippen LogP contribution in [0.5, 0.6) is 0 Å². The maximum atomic E-state index is 12.3. The lowest BCUT2D eigenvalue weighted by molar-refractivity contribution is -0.129. The summed E-state index contributed by atoms with van der Waals surface area (Å²) in [6.07, 6.45) is 0.530. The molecular weight excluding hydrogens is 404 g/mol. The lowest BCUT2D eigenvalue weighted by Gasteiger charge is -2.15. The number of hydrogen-bond donors (Lipinski definition) is 0. The van der Waals surface area contributed by atoms with Gasteiger partial charge in [-0.25, -0.2) is 4.98 Å². The molecule has 0 saturated carbocycles. The quantitative estimate of drug-likeness (QED) is 0.513. The summed E-state index contributed by atoms with van der Waals surface area (Å²) in [5.41, 5.74) is 1.00. The fourth-order valence-corrected chi connectivity index (χ4v) is 4.38. The molecule has 1 amide bonds. The molecule has 0 aliphatic rings. The third kappa shape index (κ3) is 4.59. The van der Waals surface area contributed by atoms with Crippen LogP contribution in [0.15, 0.2) is 57.9 Å². The minimum absolute atomic E-state index is 0.152. The molecule has 0 atom stereocenters. The van der Waals surface area contributed by atoms with Gasteiger partial charge in [-0.05, 0) is 36.4 Å². The highest BCUT2D eigenvalue weighted by molar-refractivity contribution is 9.10. The van der Waals surface area contributed by atoms with Gasteiger partial charge in [-0.3, -0.25) is 4.79 Å². The summed E-state index contributed by atoms with van der Waals surface area (Å²) in [4.78, 5) is 19.8. The normalized spacial score (nSPS) is 10.9. The van der Waals surface area contributed by atoms with Gasteiger partial charge in [0.25, 0.3) is 0 Å². The van der Waals surface area contributed by atoms with E-state index in [1.54, 1.807) is 28.0 Å². The molecule has 0 N–H and O–H groups in total. The van der Waals surface area contributed by atoms with Crippen LogP contribution in [0.4, 0.5) is 0 Å². The summed E-state index contributed by atoms with van der Waals surface area (Å²) in [5, 5.41) is 0.979. The van der Waals surface area contributed by atoms with Crippen LogP contribution in [0.25, 0.3) is 10.2 Å². The van der Waals surface area contributed by atoms with E-state index in [1.807, 2.05) is 37.4 Å². The van der Waals surface area contributed by atoms with E-state index >= 15 is 0 Å². The first kappa shape index (κ1) is 17.5. The van der Waals surface area contributed by atoms with Gasteiger partial charge in [-0.2, -0.15) is 0 Å². The monoisotopic (exact) mass is 420 g/mol. The van der Waals surface area contributed by atoms with Gasteiger partial charge in [0.05, 0.1) is 16.8 Å². The highest BCUT2D eigenvalue weighted by Crippen LogP contribution is 2.23. The second kappa shape index (κ2) is 8.14. The average molecular weight is 421 g/mol. The number of thiazole rings is 1. The lowest BCUT2D eigenvalue weighted by Crippen LogP contribution is -2.26. The summed E-state index contributed by atoms with van der Waals surface area (Å²) in [7, 11) is 1.85. The molecular formula is C18H17BrN2OS2. The molecule has 1 aromatic heterocycles. The van der Waals surface area contributed by atoms with Gasteiger partial charge in [0, 0.05) is 28.6 Å². The average Bonchev–Trinajstić information content (AvgIpc) is 2.98. The Kier molecular flexibility index (Phi) is 5.92. The zero-order chi connectivity index (χ0) is 16.9. The number of hydrogen-bond acceptors (Lipinski definition) is 4. The van der Waals surface area contributed by atoms with E-state index in [0.717, 1.165) is 20.7 Å². The van der Waals surface area contributed by atoms with Crippen LogP contribution in [0.3, 0.4) is 0 Å². The Morgan fingerprint density at radius 3 is 2.71 bits per heavy atom. The van der Waals surface area contributed by atoms with E-state index in [1.165, 1.54) is 9.60 Å². The van der Waals surface area contributed by atoms with Crippen molar-refractivity contribution >= 4 is 55.2 Å². The van der Waals surface area contributed by atoms with Crippen molar-refractivity contribution in [1.29, 1.82) is 0 Å². The standard InChI is InChI=1S/C18H17BrN2OS2/c1-21(12-17-20-15-4-2-3-5-16(15)24-17)18(22)10-11-23-14-8-6-13(19)7-9-14/h2-9H,10-12H2,1H3. The van der Waals surface area contributed by atoms with Crippen molar-refractivity contribution in [2.45, 2.75) is 17.9 Å². The first-order valence-corrected chi connectivity index (χ1v) is 10.2. The molecule has 124 valence electrons. The summed E-state index contributed by atoms with van der Waals surface area (Å²) in [6.45, 7) is 0.571. The summed E-state index contributed by atoms with van der Waals surface area (Å²) < 4.78 is 2.23. The summed E-state index contributed by atoms with van der Waals surface area (Å²) in [6, 6.07) is 16.2. The number of para-hydroxylation sites is 1. The summed E-state index contributed by atoms with van der Waals surface area (Å²) in [5.74, 6) is 0.934. The molecule has 24 heavy (non-hydrogen) atoms. The van der Waals surface area contributed by atoms with Crippen molar-refractivity contribution in [1.82, 2.24) is 9.88 Å². The second-order valence-electron chi connectivity index (χ2n) is 5.38. The number of thioether (sulfide) groups is 1. The van der Waals surface area contributed by atoms with E-state index in [9.17, 15) is 4.79 Å². The largest absolute Gasteiger partial charge is 0.339 e. The van der Waals surface area contributed by atoms with E-state index in [-0.39, 0.29) is 5.91 Å². The van der Waals surface area contributed by atoms with Crippen LogP contribution in [0.2, 0.25) is 0 Å². The Labute approximate surface area is 158 Å². The first-order chi connectivity index (χ1) is 11.6. The van der Waals surface area contributed by atoms with Gasteiger partial charge in [0.1, 0.15) is 5.01 Å². The van der Waals surface area contributed by atoms with Gasteiger partial charge >= 0.3 is 0 Å². The molecule has 0 saturated heterocycles. The van der Waals surface area contributed by atoms with E-state index in [0.29, 0.717) is 13.0 Å². The number of fused-ring (bicyclic) bond motifs is 1. The molecule has 0 aliphatic heterocycles. The Morgan fingerprint density at radius 2 is 1.96 bits per heavy atom. The third-order valence-corrected chi connectivity index (χ3v) is 6.10. The number of carbonyl (C=O) groups excluding carboxylic acids is 1. The Hall–Kier alpha value is -1.37. The smallest absolute Gasteiger partial charge is 0.223 e. The molecule has 3 nitrogen and oxygen atoms in total. The summed E-state index contributed by atoms with van der Waals surface area (Å²) >= 11 is 6.78. The molecule has 0 unspecified atom stereocenters. The van der Waals surface area contributed by atoms with Gasteiger partial charge in [-0.1, -0.05) is 28.1 Å². The molecule has 2 aromatic carbocycles. The van der Waals surface area contributed by atoms with Crippen LogP contribution in [-0.2, 0) is 11.3 Å². The van der Waals surface area contributed by atoms with Gasteiger partial charge in [0.2, 0.25) is 5.91 Å². The van der Waals surface area contributed by atoms with Crippen LogP contribution in [0, 0.1) is 0 Å². The van der Waals surface area contributed by atoms with Crippen LogP contribution >= 0.6 is 39.0 Å². The maximum Gasteiger partial charge on any atom is 0.223 e. The van der Waals surface area contributed by atoms with Crippen LogP contribution < -0.4 is 0 Å². The number of aromatic nitrogens is 1. The molecule has 1 heterocycles. The Bertz CT molecular complexity index is 799. The van der Waals surface area contributed by atoms with Crippen molar-refractivity contribution in [3.63, 3.8) is 0 Å². The Morgan fingerprint density at radius 1 is 1.21 bits per heavy atom. The minimum atomic E-state index is 0.152. The predicted octanol–water partition coefficient (Wildman–Crippen LogP) is 5.20. The molecule has 0 bridgehead atoms. The number of benzene rings is 2. The second-order valence-corrected chi connectivity index (χ2v) is 8.58. The molecule has 0 aliphatic carbocycles. The van der Waals surface area contributed by atoms with E-state index in [4.69, 9.17) is 0 Å². The fourth-order valence-electron chi connectivity index (χ4n) is 2.26. The lowest BCUT2D eigenvalue weighted by atomic mass is 10.3. The third-order valence-electron chi connectivity index (χ3n) is 3.53. The predicted molar refractivity (Wildman–Crippen MR) is 106 cm³/mol. The van der Waals surface area contributed by atoms with Gasteiger partial charge in [0.15, 0.2) is 0 Å². The number of nitrogens with zero attached hydrogens (tertiary/aromatic N) is 2. The molecule has 3 aromatic rings. The van der Waals surface area contributed by atoms with Crippen LogP contribution in [-0.4, -0.2) is 28.6 Å². The molecule has 0 fully saturated rings. The van der Waals surface area contributed by atoms with Crippen molar-refractivity contribution in [2.24, 2.45) is 0 Å². The van der Waals surface area contributed by atoms with Gasteiger partial charge < -0.3 is 4.90 Å². The van der Waals surface area contributed by atoms with E-state index in [2.05, 4.69) is 39.1 Å². The number of carbonyl (C=O) groups is 1. The highest BCUT2D eigenvalue weighted by atomic mass is 79.9. The molecule has 3 rings (SSSR count). The molecule has 0 spiro atoms. The maximum absolute atomic E-state index is 12.3. The zero-order valence-electron chi connectivity index (χ0n) is 13.2. The highest BCUT2D eigenvalue weighted by Gasteiger charge is 2.12. The van der Waals surface area contributed by atoms with Crippen molar-refractivity contribution in [3.8, 4) is 0 Å². The number of rotatable bonds is 6. The van der Waals surface area contributed by atoms with Crippen molar-refractivity contribution in [3.05, 3.63) is 58.0 Å². The van der Waals surface area contributed by atoms with Crippen molar-refractivity contribution < 1.29 is 4.79 Å². The number of amides is 1. The zero-order valence-corrected chi connectivity index (χ0v) is 16.5. The van der Waals surface area contributed by atoms with Crippen molar-refractivity contribution in [2.75, 3.05) is 12.8 Å². The molecule has 0 radical (unpaired) electrons. The number of halogens is 1. The minimum Gasteiger partial charge on any atom is -0.339 e. The fraction of sp³-hybridized carbons (Fsp3) is 0.222. The topological polar surface area (TPSA) is 33.2 Å². The van der Waals surface area contributed by atoms with Gasteiger partial charge in [-0.15, -0.1) is 23.1 Å². The SMILES string of the molecule is CN(Cc1nc2ccccc2s1)C(=O)CCSc1ccc(Br)cc1. The van der Waals surface area contributed by atoms with E-state index < -0.39 is 0 Å². The molecule has 6 heteroatoms. The first-order valence-electron chi connectivity index (χ1n) is 7.58. The van der Waals surface area contributed by atoms with Crippen LogP contribution in [0.1, 0.15) is 11.4 Å². The Balaban J connectivity index is 1.50.